The first-order valence-electron chi connectivity index (χ1n) is 7.31. The largest absolute Gasteiger partial charge is 0.301 e. The van der Waals surface area contributed by atoms with Crippen LogP contribution in [0.3, 0.4) is 0 Å². The molecule has 2 atom stereocenters. The molecule has 0 saturated carbocycles. The van der Waals surface area contributed by atoms with Crippen LogP contribution in [-0.4, -0.2) is 4.98 Å². The molecule has 1 N–H and O–H groups in total. The lowest BCUT2D eigenvalue weighted by Gasteiger charge is -2.20. The third kappa shape index (κ3) is 2.99. The Morgan fingerprint density at radius 1 is 1.00 bits per heavy atom. The number of rotatable bonds is 4. The molecular formula is C18H20N2S. The van der Waals surface area contributed by atoms with Crippen molar-refractivity contribution in [1.82, 2.24) is 10.3 Å². The Morgan fingerprint density at radius 3 is 2.52 bits per heavy atom. The summed E-state index contributed by atoms with van der Waals surface area (Å²) in [6.45, 7) is 6.44. The van der Waals surface area contributed by atoms with Gasteiger partial charge in [0.2, 0.25) is 0 Å². The molecule has 0 saturated heterocycles. The minimum Gasteiger partial charge on any atom is -0.301 e. The summed E-state index contributed by atoms with van der Waals surface area (Å²) in [5, 5.41) is 9.54. The highest BCUT2D eigenvalue weighted by atomic mass is 32.1. The molecule has 21 heavy (non-hydrogen) atoms. The Balaban J connectivity index is 1.85. The van der Waals surface area contributed by atoms with Gasteiger partial charge in [-0.15, -0.1) is 11.3 Å². The highest BCUT2D eigenvalue weighted by molar-refractivity contribution is 7.09. The average Bonchev–Trinajstić information content (AvgIpc) is 2.93. The van der Waals surface area contributed by atoms with Gasteiger partial charge < -0.3 is 5.32 Å². The summed E-state index contributed by atoms with van der Waals surface area (Å²) >= 11 is 1.72. The second-order valence-electron chi connectivity index (χ2n) is 5.51. The highest BCUT2D eigenvalue weighted by Gasteiger charge is 2.15. The normalized spacial score (nSPS) is 14.2. The fourth-order valence-electron chi connectivity index (χ4n) is 2.74. The van der Waals surface area contributed by atoms with Gasteiger partial charge in [-0.2, -0.15) is 0 Å². The van der Waals surface area contributed by atoms with Crippen LogP contribution in [-0.2, 0) is 0 Å². The van der Waals surface area contributed by atoms with Crippen LogP contribution in [0.1, 0.15) is 42.2 Å². The number of hydrogen-bond donors (Lipinski definition) is 1. The molecule has 1 aromatic heterocycles. The Kier molecular flexibility index (Phi) is 4.04. The number of nitrogens with one attached hydrogen (secondary N) is 1. The van der Waals surface area contributed by atoms with E-state index in [4.69, 9.17) is 0 Å². The Bertz CT molecular complexity index is 742. The predicted octanol–water partition coefficient (Wildman–Crippen LogP) is 5.02. The molecule has 0 aliphatic carbocycles. The van der Waals surface area contributed by atoms with Gasteiger partial charge in [-0.25, -0.2) is 4.98 Å². The summed E-state index contributed by atoms with van der Waals surface area (Å²) in [6, 6.07) is 15.6. The maximum atomic E-state index is 4.58. The number of aromatic nitrogens is 1. The number of aryl methyl sites for hydroxylation is 1. The van der Waals surface area contributed by atoms with E-state index in [0.717, 1.165) is 10.7 Å². The van der Waals surface area contributed by atoms with Crippen molar-refractivity contribution in [3.63, 3.8) is 0 Å². The first-order chi connectivity index (χ1) is 10.1. The molecule has 2 aromatic carbocycles. The van der Waals surface area contributed by atoms with Crippen molar-refractivity contribution >= 4 is 22.1 Å². The van der Waals surface area contributed by atoms with Crippen molar-refractivity contribution in [2.75, 3.05) is 0 Å². The predicted molar refractivity (Wildman–Crippen MR) is 90.8 cm³/mol. The first-order valence-corrected chi connectivity index (χ1v) is 8.19. The molecule has 0 spiro atoms. The quantitative estimate of drug-likeness (QED) is 0.731. The van der Waals surface area contributed by atoms with Crippen LogP contribution in [0.4, 0.5) is 0 Å². The monoisotopic (exact) mass is 296 g/mol. The van der Waals surface area contributed by atoms with Crippen LogP contribution in [0.2, 0.25) is 0 Å². The molecule has 0 amide bonds. The zero-order chi connectivity index (χ0) is 14.8. The van der Waals surface area contributed by atoms with Crippen molar-refractivity contribution in [2.24, 2.45) is 0 Å². The van der Waals surface area contributed by atoms with Crippen LogP contribution >= 0.6 is 11.3 Å². The molecule has 0 fully saturated rings. The molecule has 0 aliphatic heterocycles. The van der Waals surface area contributed by atoms with Gasteiger partial charge in [0.05, 0.1) is 6.04 Å². The molecule has 0 bridgehead atoms. The fraction of sp³-hybridized carbons (Fsp3) is 0.278. The number of nitrogens with zero attached hydrogens (tertiary/aromatic N) is 1. The maximum absolute atomic E-state index is 4.58. The molecule has 3 rings (SSSR count). The molecule has 0 aliphatic rings. The molecule has 1 heterocycles. The van der Waals surface area contributed by atoms with E-state index >= 15 is 0 Å². The van der Waals surface area contributed by atoms with Crippen molar-refractivity contribution in [1.29, 1.82) is 0 Å². The van der Waals surface area contributed by atoms with E-state index in [1.54, 1.807) is 11.3 Å². The van der Waals surface area contributed by atoms with E-state index in [1.807, 2.05) is 6.92 Å². The van der Waals surface area contributed by atoms with E-state index in [1.165, 1.54) is 16.3 Å². The van der Waals surface area contributed by atoms with Crippen molar-refractivity contribution < 1.29 is 0 Å². The summed E-state index contributed by atoms with van der Waals surface area (Å²) in [6.07, 6.45) is 0. The highest BCUT2D eigenvalue weighted by Crippen LogP contribution is 2.27. The van der Waals surface area contributed by atoms with Crippen molar-refractivity contribution in [2.45, 2.75) is 32.9 Å². The van der Waals surface area contributed by atoms with Crippen LogP contribution < -0.4 is 5.32 Å². The minimum absolute atomic E-state index is 0.262. The fourth-order valence-corrected chi connectivity index (χ4v) is 3.55. The molecular weight excluding hydrogens is 276 g/mol. The summed E-state index contributed by atoms with van der Waals surface area (Å²) in [5.74, 6) is 0. The smallest absolute Gasteiger partial charge is 0.110 e. The third-order valence-electron chi connectivity index (χ3n) is 3.80. The second-order valence-corrected chi connectivity index (χ2v) is 6.40. The van der Waals surface area contributed by atoms with Gasteiger partial charge in [-0.3, -0.25) is 0 Å². The van der Waals surface area contributed by atoms with Gasteiger partial charge in [-0.05, 0) is 37.1 Å². The van der Waals surface area contributed by atoms with Gasteiger partial charge in [0.15, 0.2) is 0 Å². The van der Waals surface area contributed by atoms with E-state index in [0.29, 0.717) is 0 Å². The number of fused-ring (bicyclic) bond motifs is 1. The number of hydrogen-bond acceptors (Lipinski definition) is 3. The second kappa shape index (κ2) is 5.96. The van der Waals surface area contributed by atoms with E-state index in [-0.39, 0.29) is 12.1 Å². The maximum Gasteiger partial charge on any atom is 0.110 e. The lowest BCUT2D eigenvalue weighted by atomic mass is 9.99. The standard InChI is InChI=1S/C18H20N2S/c1-12-11-21-18(19-12)14(3)20-13(2)16-10-6-8-15-7-4-5-9-17(15)16/h4-11,13-14,20H,1-3H3. The zero-order valence-electron chi connectivity index (χ0n) is 12.6. The molecule has 3 aromatic rings. The first kappa shape index (κ1) is 14.2. The molecule has 108 valence electrons. The van der Waals surface area contributed by atoms with Gasteiger partial charge in [-0.1, -0.05) is 42.5 Å². The molecule has 2 unspecified atom stereocenters. The van der Waals surface area contributed by atoms with Crippen LogP contribution in [0, 0.1) is 6.92 Å². The van der Waals surface area contributed by atoms with Crippen LogP contribution in [0.5, 0.6) is 0 Å². The zero-order valence-corrected chi connectivity index (χ0v) is 13.4. The molecule has 2 nitrogen and oxygen atoms in total. The van der Waals surface area contributed by atoms with Crippen LogP contribution in [0.15, 0.2) is 47.8 Å². The van der Waals surface area contributed by atoms with Crippen LogP contribution in [0.25, 0.3) is 10.8 Å². The van der Waals surface area contributed by atoms with Crippen molar-refractivity contribution in [3.05, 3.63) is 64.1 Å². The Morgan fingerprint density at radius 2 is 1.76 bits per heavy atom. The van der Waals surface area contributed by atoms with E-state index in [2.05, 4.69) is 72.0 Å². The third-order valence-corrected chi connectivity index (χ3v) is 4.94. The van der Waals surface area contributed by atoms with E-state index < -0.39 is 0 Å². The minimum atomic E-state index is 0.262. The summed E-state index contributed by atoms with van der Waals surface area (Å²) in [5.41, 5.74) is 2.44. The van der Waals surface area contributed by atoms with Gasteiger partial charge in [0.25, 0.3) is 0 Å². The van der Waals surface area contributed by atoms with Crippen molar-refractivity contribution in [3.8, 4) is 0 Å². The molecule has 3 heteroatoms. The average molecular weight is 296 g/mol. The van der Waals surface area contributed by atoms with Gasteiger partial charge >= 0.3 is 0 Å². The SMILES string of the molecule is Cc1csc(C(C)NC(C)c2cccc3ccccc23)n1. The summed E-state index contributed by atoms with van der Waals surface area (Å²) in [4.78, 5) is 4.58. The van der Waals surface area contributed by atoms with Gasteiger partial charge in [0, 0.05) is 17.1 Å². The summed E-state index contributed by atoms with van der Waals surface area (Å²) < 4.78 is 0. The number of benzene rings is 2. The number of thiazole rings is 1. The Hall–Kier alpha value is -1.71. The topological polar surface area (TPSA) is 24.9 Å². The van der Waals surface area contributed by atoms with E-state index in [9.17, 15) is 0 Å². The molecule has 0 radical (unpaired) electrons. The Labute approximate surface area is 129 Å². The lowest BCUT2D eigenvalue weighted by Crippen LogP contribution is -2.22. The summed E-state index contributed by atoms with van der Waals surface area (Å²) in [7, 11) is 0. The van der Waals surface area contributed by atoms with Gasteiger partial charge in [0.1, 0.15) is 5.01 Å². The lowest BCUT2D eigenvalue weighted by molar-refractivity contribution is 0.495.